The van der Waals surface area contributed by atoms with Gasteiger partial charge in [-0.05, 0) is 0 Å². The summed E-state index contributed by atoms with van der Waals surface area (Å²) in [5.41, 5.74) is 0.875. The third-order valence-electron chi connectivity index (χ3n) is 2.60. The van der Waals surface area contributed by atoms with Gasteiger partial charge in [0.1, 0.15) is 13.1 Å². The van der Waals surface area contributed by atoms with Gasteiger partial charge in [0.15, 0.2) is 11.5 Å². The number of amides is 1. The minimum Gasteiger partial charge on any atom is -0.355 e. The molecule has 0 saturated carbocycles. The van der Waals surface area contributed by atoms with Gasteiger partial charge in [-0.25, -0.2) is 0 Å². The maximum absolute atomic E-state index is 12.1. The molecule has 0 N–H and O–H groups in total. The van der Waals surface area contributed by atoms with E-state index in [-0.39, 0.29) is 18.8 Å². The minimum absolute atomic E-state index is 0.0781. The highest BCUT2D eigenvalue weighted by atomic mass is 16.5. The maximum Gasteiger partial charge on any atom is 0.277 e. The zero-order valence-electron chi connectivity index (χ0n) is 10.5. The first-order valence-corrected chi connectivity index (χ1v) is 5.81. The highest BCUT2D eigenvalue weighted by Gasteiger charge is 2.19. The number of carbonyl (C=O) groups is 1. The van der Waals surface area contributed by atoms with Crippen molar-refractivity contribution in [3.63, 3.8) is 0 Å². The van der Waals surface area contributed by atoms with Crippen molar-refractivity contribution in [3.05, 3.63) is 42.1 Å². The van der Waals surface area contributed by atoms with Crippen LogP contribution in [0.1, 0.15) is 10.5 Å². The highest BCUT2D eigenvalue weighted by Crippen LogP contribution is 2.20. The standard InChI is InChI=1S/C14H10N4O2/c15-6-8-18(9-7-16)14(19)12-10-13(20-17-12)11-4-2-1-3-5-11/h1-5,10H,8-9H2. The second-order valence-corrected chi connectivity index (χ2v) is 3.92. The van der Waals surface area contributed by atoms with Crippen LogP contribution in [0.4, 0.5) is 0 Å². The van der Waals surface area contributed by atoms with Gasteiger partial charge in [-0.1, -0.05) is 35.5 Å². The van der Waals surface area contributed by atoms with Crippen molar-refractivity contribution in [2.75, 3.05) is 13.1 Å². The molecule has 98 valence electrons. The first kappa shape index (κ1) is 13.3. The van der Waals surface area contributed by atoms with Gasteiger partial charge in [0.25, 0.3) is 5.91 Å². The Morgan fingerprint density at radius 1 is 1.20 bits per heavy atom. The van der Waals surface area contributed by atoms with E-state index >= 15 is 0 Å². The summed E-state index contributed by atoms with van der Waals surface area (Å²) in [6, 6.07) is 14.4. The molecule has 6 heteroatoms. The van der Waals surface area contributed by atoms with Gasteiger partial charge in [-0.3, -0.25) is 4.79 Å². The van der Waals surface area contributed by atoms with Crippen molar-refractivity contribution in [1.29, 1.82) is 10.5 Å². The fraction of sp³-hybridized carbons (Fsp3) is 0.143. The van der Waals surface area contributed by atoms with E-state index in [1.807, 2.05) is 42.5 Å². The second kappa shape index (κ2) is 6.17. The molecule has 2 aromatic rings. The third kappa shape index (κ3) is 2.82. The van der Waals surface area contributed by atoms with E-state index in [0.29, 0.717) is 5.76 Å². The number of nitriles is 2. The Labute approximate surface area is 115 Å². The van der Waals surface area contributed by atoms with Crippen molar-refractivity contribution < 1.29 is 9.32 Å². The fourth-order valence-electron chi connectivity index (χ4n) is 1.65. The quantitative estimate of drug-likeness (QED) is 0.787. The summed E-state index contributed by atoms with van der Waals surface area (Å²) < 4.78 is 5.11. The highest BCUT2D eigenvalue weighted by molar-refractivity contribution is 5.93. The molecule has 2 rings (SSSR count). The van der Waals surface area contributed by atoms with Crippen LogP contribution in [-0.4, -0.2) is 29.1 Å². The maximum atomic E-state index is 12.1. The SMILES string of the molecule is N#CCN(CC#N)C(=O)c1cc(-c2ccccc2)on1. The van der Waals surface area contributed by atoms with Gasteiger partial charge in [0.05, 0.1) is 12.1 Å². The average Bonchev–Trinajstić information content (AvgIpc) is 2.97. The monoisotopic (exact) mass is 266 g/mol. The lowest BCUT2D eigenvalue weighted by atomic mass is 10.1. The first-order chi connectivity index (χ1) is 9.76. The van der Waals surface area contributed by atoms with E-state index in [1.165, 1.54) is 6.07 Å². The van der Waals surface area contributed by atoms with Crippen LogP contribution in [0.25, 0.3) is 11.3 Å². The number of carbonyl (C=O) groups excluding carboxylic acids is 1. The topological polar surface area (TPSA) is 93.9 Å². The Morgan fingerprint density at radius 2 is 1.85 bits per heavy atom. The van der Waals surface area contributed by atoms with Crippen molar-refractivity contribution in [3.8, 4) is 23.5 Å². The van der Waals surface area contributed by atoms with Crippen LogP contribution in [0.15, 0.2) is 40.9 Å². The molecule has 0 fully saturated rings. The molecule has 1 heterocycles. The van der Waals surface area contributed by atoms with E-state index in [1.54, 1.807) is 0 Å². The van der Waals surface area contributed by atoms with Crippen LogP contribution in [0, 0.1) is 22.7 Å². The molecule has 0 radical (unpaired) electrons. The van der Waals surface area contributed by atoms with Crippen molar-refractivity contribution in [2.24, 2.45) is 0 Å². The fourth-order valence-corrected chi connectivity index (χ4v) is 1.65. The summed E-state index contributed by atoms with van der Waals surface area (Å²) in [7, 11) is 0. The minimum atomic E-state index is -0.501. The Morgan fingerprint density at radius 3 is 2.45 bits per heavy atom. The number of rotatable bonds is 4. The van der Waals surface area contributed by atoms with Crippen LogP contribution in [0.3, 0.4) is 0 Å². The molecular formula is C14H10N4O2. The van der Waals surface area contributed by atoms with Gasteiger partial charge in [0.2, 0.25) is 0 Å². The molecular weight excluding hydrogens is 256 g/mol. The van der Waals surface area contributed by atoms with Crippen molar-refractivity contribution in [1.82, 2.24) is 10.1 Å². The van der Waals surface area contributed by atoms with Crippen LogP contribution < -0.4 is 0 Å². The van der Waals surface area contributed by atoms with Crippen LogP contribution in [0.2, 0.25) is 0 Å². The lowest BCUT2D eigenvalue weighted by Crippen LogP contribution is -2.31. The van der Waals surface area contributed by atoms with Crippen molar-refractivity contribution in [2.45, 2.75) is 0 Å². The Bertz CT molecular complexity index is 663. The lowest BCUT2D eigenvalue weighted by Gasteiger charge is -2.12. The molecule has 0 saturated heterocycles. The van der Waals surface area contributed by atoms with E-state index in [0.717, 1.165) is 10.5 Å². The van der Waals surface area contributed by atoms with Crippen LogP contribution in [-0.2, 0) is 0 Å². The second-order valence-electron chi connectivity index (χ2n) is 3.92. The molecule has 0 aliphatic rings. The molecule has 0 aliphatic heterocycles. The summed E-state index contributed by atoms with van der Waals surface area (Å²) >= 11 is 0. The molecule has 0 spiro atoms. The Hall–Kier alpha value is -3.12. The van der Waals surface area contributed by atoms with Crippen LogP contribution >= 0.6 is 0 Å². The predicted molar refractivity (Wildman–Crippen MR) is 69.1 cm³/mol. The molecule has 1 amide bonds. The summed E-state index contributed by atoms with van der Waals surface area (Å²) in [4.78, 5) is 13.2. The molecule has 0 aliphatic carbocycles. The number of nitrogens with zero attached hydrogens (tertiary/aromatic N) is 4. The lowest BCUT2D eigenvalue weighted by molar-refractivity contribution is 0.0784. The van der Waals surface area contributed by atoms with E-state index in [9.17, 15) is 4.79 Å². The summed E-state index contributed by atoms with van der Waals surface area (Å²) in [6.45, 7) is -0.333. The van der Waals surface area contributed by atoms with Crippen LogP contribution in [0.5, 0.6) is 0 Å². The van der Waals surface area contributed by atoms with E-state index in [2.05, 4.69) is 5.16 Å². The number of hydrogen-bond donors (Lipinski definition) is 0. The smallest absolute Gasteiger partial charge is 0.277 e. The normalized spacial score (nSPS) is 9.50. The van der Waals surface area contributed by atoms with Gasteiger partial charge in [-0.2, -0.15) is 10.5 Å². The third-order valence-corrected chi connectivity index (χ3v) is 2.60. The number of aromatic nitrogens is 1. The Kier molecular flexibility index (Phi) is 4.10. The molecule has 0 bridgehead atoms. The summed E-state index contributed by atoms with van der Waals surface area (Å²) in [6.07, 6.45) is 0. The summed E-state index contributed by atoms with van der Waals surface area (Å²) in [5, 5.41) is 21.0. The largest absolute Gasteiger partial charge is 0.355 e. The molecule has 0 unspecified atom stereocenters. The predicted octanol–water partition coefficient (Wildman–Crippen LogP) is 1.83. The average molecular weight is 266 g/mol. The zero-order valence-corrected chi connectivity index (χ0v) is 10.5. The van der Waals surface area contributed by atoms with Gasteiger partial charge in [0, 0.05) is 11.6 Å². The zero-order chi connectivity index (χ0) is 14.4. The number of benzene rings is 1. The van der Waals surface area contributed by atoms with E-state index < -0.39 is 5.91 Å². The Balaban J connectivity index is 2.22. The molecule has 20 heavy (non-hydrogen) atoms. The van der Waals surface area contributed by atoms with Gasteiger partial charge in [-0.15, -0.1) is 0 Å². The molecule has 1 aromatic heterocycles. The molecule has 0 atom stereocenters. The summed E-state index contributed by atoms with van der Waals surface area (Å²) in [5.74, 6) is -0.0400. The van der Waals surface area contributed by atoms with Crippen molar-refractivity contribution >= 4 is 5.91 Å². The van der Waals surface area contributed by atoms with E-state index in [4.69, 9.17) is 15.0 Å². The first-order valence-electron chi connectivity index (χ1n) is 5.81. The van der Waals surface area contributed by atoms with Gasteiger partial charge < -0.3 is 9.42 Å². The number of hydrogen-bond acceptors (Lipinski definition) is 5. The molecule has 1 aromatic carbocycles. The molecule has 6 nitrogen and oxygen atoms in total. The van der Waals surface area contributed by atoms with Gasteiger partial charge >= 0.3 is 0 Å².